The zero-order chi connectivity index (χ0) is 19.8. The summed E-state index contributed by atoms with van der Waals surface area (Å²) in [5.74, 6) is 1.31. The standard InChI is InChI=1S/C21H25N5O2/c1-14-22-10-4-16(24-14)12-18(27)20-6-3-7-21(13-20,9-8-20)26-19(28)17-5-11-23-15(2)25-17/h4-5,10-11H,3,6-9,12-13H2,1-2H3,(H,26,28). The van der Waals surface area contributed by atoms with E-state index >= 15 is 0 Å². The lowest BCUT2D eigenvalue weighted by atomic mass is 9.69. The number of fused-ring (bicyclic) bond motifs is 2. The first-order valence-corrected chi connectivity index (χ1v) is 9.84. The number of hydrogen-bond acceptors (Lipinski definition) is 6. The predicted octanol–water partition coefficient (Wildman–Crippen LogP) is 2.52. The molecule has 2 atom stereocenters. The minimum absolute atomic E-state index is 0.179. The summed E-state index contributed by atoms with van der Waals surface area (Å²) in [6.45, 7) is 3.60. The Balaban J connectivity index is 1.49. The van der Waals surface area contributed by atoms with E-state index in [0.29, 0.717) is 30.2 Å². The van der Waals surface area contributed by atoms with Gasteiger partial charge in [0.1, 0.15) is 23.1 Å². The number of carbonyl (C=O) groups excluding carboxylic acids is 2. The average molecular weight is 379 g/mol. The van der Waals surface area contributed by atoms with Crippen LogP contribution in [0.1, 0.15) is 66.4 Å². The molecule has 2 bridgehead atoms. The first-order valence-electron chi connectivity index (χ1n) is 9.84. The molecule has 1 N–H and O–H groups in total. The molecule has 2 aliphatic carbocycles. The zero-order valence-electron chi connectivity index (χ0n) is 16.4. The SMILES string of the molecule is Cc1nccc(CC(=O)C23CCCC(NC(=O)c4ccnc(C)n4)(CC2)C3)n1. The van der Waals surface area contributed by atoms with Crippen molar-refractivity contribution < 1.29 is 9.59 Å². The Morgan fingerprint density at radius 2 is 1.75 bits per heavy atom. The monoisotopic (exact) mass is 379 g/mol. The molecule has 2 aromatic rings. The first-order chi connectivity index (χ1) is 13.4. The second kappa shape index (κ2) is 7.04. The summed E-state index contributed by atoms with van der Waals surface area (Å²) in [7, 11) is 0. The van der Waals surface area contributed by atoms with E-state index in [1.54, 1.807) is 25.4 Å². The lowest BCUT2D eigenvalue weighted by Gasteiger charge is -2.39. The molecule has 2 saturated carbocycles. The maximum absolute atomic E-state index is 13.2. The van der Waals surface area contributed by atoms with Crippen molar-refractivity contribution >= 4 is 11.7 Å². The van der Waals surface area contributed by atoms with Crippen LogP contribution in [-0.2, 0) is 11.2 Å². The molecule has 2 heterocycles. The van der Waals surface area contributed by atoms with Crippen molar-refractivity contribution in [2.24, 2.45) is 5.41 Å². The number of rotatable bonds is 5. The van der Waals surface area contributed by atoms with Gasteiger partial charge in [-0.25, -0.2) is 19.9 Å². The Hall–Kier alpha value is -2.70. The summed E-state index contributed by atoms with van der Waals surface area (Å²) in [5.41, 5.74) is 0.486. The molecule has 0 aromatic carbocycles. The fraction of sp³-hybridized carbons (Fsp3) is 0.524. The molecule has 0 saturated heterocycles. The quantitative estimate of drug-likeness (QED) is 0.857. The van der Waals surface area contributed by atoms with E-state index in [1.807, 2.05) is 13.0 Å². The summed E-state index contributed by atoms with van der Waals surface area (Å²) in [6, 6.07) is 3.44. The van der Waals surface area contributed by atoms with Gasteiger partial charge >= 0.3 is 0 Å². The van der Waals surface area contributed by atoms with Crippen molar-refractivity contribution in [3.8, 4) is 0 Å². The van der Waals surface area contributed by atoms with Crippen LogP contribution in [0.5, 0.6) is 0 Å². The molecule has 2 unspecified atom stereocenters. The lowest BCUT2D eigenvalue weighted by molar-refractivity contribution is -0.129. The Kier molecular flexibility index (Phi) is 4.69. The summed E-state index contributed by atoms with van der Waals surface area (Å²) >= 11 is 0. The molecule has 0 spiro atoms. The maximum Gasteiger partial charge on any atom is 0.270 e. The van der Waals surface area contributed by atoms with Crippen LogP contribution in [0.3, 0.4) is 0 Å². The Morgan fingerprint density at radius 1 is 1.00 bits per heavy atom. The number of nitrogens with zero attached hydrogens (tertiary/aromatic N) is 4. The number of ketones is 1. The third-order valence-corrected chi connectivity index (χ3v) is 6.22. The zero-order valence-corrected chi connectivity index (χ0v) is 16.4. The molecule has 1 amide bonds. The van der Waals surface area contributed by atoms with Gasteiger partial charge in [-0.3, -0.25) is 9.59 Å². The molecule has 2 aliphatic rings. The molecule has 2 aromatic heterocycles. The second-order valence-electron chi connectivity index (χ2n) is 8.23. The van der Waals surface area contributed by atoms with Crippen molar-refractivity contribution in [1.82, 2.24) is 25.3 Å². The van der Waals surface area contributed by atoms with Crippen LogP contribution < -0.4 is 5.32 Å². The largest absolute Gasteiger partial charge is 0.345 e. The molecule has 7 heteroatoms. The molecule has 0 aliphatic heterocycles. The number of Topliss-reactive ketones (excluding diaryl/α,β-unsaturated/α-hetero) is 1. The highest BCUT2D eigenvalue weighted by atomic mass is 16.2. The van der Waals surface area contributed by atoms with E-state index in [-0.39, 0.29) is 22.6 Å². The van der Waals surface area contributed by atoms with Crippen LogP contribution >= 0.6 is 0 Å². The van der Waals surface area contributed by atoms with E-state index < -0.39 is 0 Å². The highest BCUT2D eigenvalue weighted by Crippen LogP contribution is 2.54. The van der Waals surface area contributed by atoms with Crippen LogP contribution in [-0.4, -0.2) is 37.2 Å². The van der Waals surface area contributed by atoms with Gasteiger partial charge in [-0.15, -0.1) is 0 Å². The molecule has 7 nitrogen and oxygen atoms in total. The molecular weight excluding hydrogens is 354 g/mol. The van der Waals surface area contributed by atoms with E-state index in [2.05, 4.69) is 25.3 Å². The number of hydrogen-bond donors (Lipinski definition) is 1. The molecule has 2 fully saturated rings. The minimum atomic E-state index is -0.355. The van der Waals surface area contributed by atoms with E-state index in [9.17, 15) is 9.59 Å². The van der Waals surface area contributed by atoms with E-state index in [0.717, 1.165) is 37.8 Å². The molecular formula is C21H25N5O2. The number of aryl methyl sites for hydroxylation is 2. The van der Waals surface area contributed by atoms with Crippen molar-refractivity contribution in [3.63, 3.8) is 0 Å². The summed E-state index contributed by atoms with van der Waals surface area (Å²) in [6.07, 6.45) is 8.73. The van der Waals surface area contributed by atoms with Gasteiger partial charge in [0.05, 0.1) is 5.69 Å². The van der Waals surface area contributed by atoms with E-state index in [1.165, 1.54) is 0 Å². The Labute approximate surface area is 164 Å². The smallest absolute Gasteiger partial charge is 0.270 e. The fourth-order valence-corrected chi connectivity index (χ4v) is 4.88. The fourth-order valence-electron chi connectivity index (χ4n) is 4.88. The van der Waals surface area contributed by atoms with Gasteiger partial charge in [-0.2, -0.15) is 0 Å². The van der Waals surface area contributed by atoms with Crippen LogP contribution in [0, 0.1) is 19.3 Å². The van der Waals surface area contributed by atoms with Crippen molar-refractivity contribution in [3.05, 3.63) is 47.6 Å². The minimum Gasteiger partial charge on any atom is -0.345 e. The summed E-state index contributed by atoms with van der Waals surface area (Å²) in [4.78, 5) is 42.7. The Morgan fingerprint density at radius 3 is 2.50 bits per heavy atom. The van der Waals surface area contributed by atoms with E-state index in [4.69, 9.17) is 0 Å². The first kappa shape index (κ1) is 18.7. The normalized spacial score (nSPS) is 26.1. The number of aromatic nitrogens is 4. The van der Waals surface area contributed by atoms with Crippen LogP contribution in [0.25, 0.3) is 0 Å². The predicted molar refractivity (Wildman–Crippen MR) is 103 cm³/mol. The average Bonchev–Trinajstić information content (AvgIpc) is 2.93. The van der Waals surface area contributed by atoms with Gasteiger partial charge in [0.15, 0.2) is 0 Å². The third-order valence-electron chi connectivity index (χ3n) is 6.22. The van der Waals surface area contributed by atoms with Gasteiger partial charge < -0.3 is 5.32 Å². The van der Waals surface area contributed by atoms with Gasteiger partial charge in [-0.1, -0.05) is 6.42 Å². The number of amides is 1. The van der Waals surface area contributed by atoms with Gasteiger partial charge in [0.25, 0.3) is 5.91 Å². The van der Waals surface area contributed by atoms with Crippen molar-refractivity contribution in [2.75, 3.05) is 0 Å². The van der Waals surface area contributed by atoms with Gasteiger partial charge in [0, 0.05) is 29.8 Å². The highest BCUT2D eigenvalue weighted by Gasteiger charge is 2.54. The summed E-state index contributed by atoms with van der Waals surface area (Å²) in [5, 5.41) is 3.21. The highest BCUT2D eigenvalue weighted by molar-refractivity contribution is 5.93. The third kappa shape index (κ3) is 3.53. The molecule has 4 rings (SSSR count). The second-order valence-corrected chi connectivity index (χ2v) is 8.23. The van der Waals surface area contributed by atoms with Crippen LogP contribution in [0.15, 0.2) is 24.5 Å². The Bertz CT molecular complexity index is 931. The van der Waals surface area contributed by atoms with Crippen molar-refractivity contribution in [1.29, 1.82) is 0 Å². The molecule has 146 valence electrons. The lowest BCUT2D eigenvalue weighted by Crippen LogP contribution is -2.50. The topological polar surface area (TPSA) is 97.7 Å². The van der Waals surface area contributed by atoms with Crippen molar-refractivity contribution in [2.45, 2.75) is 64.3 Å². The summed E-state index contributed by atoms with van der Waals surface area (Å²) < 4.78 is 0. The molecule has 0 radical (unpaired) electrons. The maximum atomic E-state index is 13.2. The number of nitrogens with one attached hydrogen (secondary N) is 1. The van der Waals surface area contributed by atoms with Gasteiger partial charge in [0.2, 0.25) is 0 Å². The van der Waals surface area contributed by atoms with Gasteiger partial charge in [-0.05, 0) is 58.1 Å². The molecule has 28 heavy (non-hydrogen) atoms. The van der Waals surface area contributed by atoms with Crippen LogP contribution in [0.4, 0.5) is 0 Å². The number of carbonyl (C=O) groups is 2. The van der Waals surface area contributed by atoms with Crippen LogP contribution in [0.2, 0.25) is 0 Å².